The molecule has 0 radical (unpaired) electrons. The number of anilines is 1. The summed E-state index contributed by atoms with van der Waals surface area (Å²) in [5, 5.41) is 6.90. The van der Waals surface area contributed by atoms with Crippen LogP contribution in [0.2, 0.25) is 0 Å². The van der Waals surface area contributed by atoms with Gasteiger partial charge in [-0.1, -0.05) is 6.07 Å². The molecule has 0 saturated heterocycles. The summed E-state index contributed by atoms with van der Waals surface area (Å²) in [6, 6.07) is 7.78. The molecular weight excluding hydrogens is 238 g/mol. The lowest BCUT2D eigenvalue weighted by atomic mass is 10.2. The van der Waals surface area contributed by atoms with Crippen molar-refractivity contribution >= 4 is 34.9 Å². The zero-order valence-electron chi connectivity index (χ0n) is 9.62. The minimum Gasteiger partial charge on any atom is -0.361 e. The second-order valence-electron chi connectivity index (χ2n) is 3.65. The monoisotopic (exact) mass is 253 g/mol. The second-order valence-corrected chi connectivity index (χ2v) is 3.65. The molecule has 1 heterocycles. The van der Waals surface area contributed by atoms with E-state index >= 15 is 0 Å². The third kappa shape index (κ3) is 3.22. The molecule has 0 unspecified atom stereocenters. The Morgan fingerprint density at radius 3 is 2.94 bits per heavy atom. The van der Waals surface area contributed by atoms with Crippen LogP contribution in [0.1, 0.15) is 6.42 Å². The molecule has 92 valence electrons. The molecule has 1 aromatic heterocycles. The molecular formula is C12H16ClN3O. The van der Waals surface area contributed by atoms with Gasteiger partial charge in [0.05, 0.1) is 5.69 Å². The first-order valence-electron chi connectivity index (χ1n) is 5.32. The summed E-state index contributed by atoms with van der Waals surface area (Å²) in [6.45, 7) is 0.689. The Morgan fingerprint density at radius 1 is 1.35 bits per heavy atom. The number of fused-ring (bicyclic) bond motifs is 1. The highest BCUT2D eigenvalue weighted by Gasteiger charge is 2.05. The van der Waals surface area contributed by atoms with Gasteiger partial charge in [0.2, 0.25) is 5.91 Å². The molecule has 1 amide bonds. The number of hydrogen-bond acceptors (Lipinski definition) is 2. The SMILES string of the molecule is CNCCC(=O)Nc1cccc2[nH]ccc12.Cl. The summed E-state index contributed by atoms with van der Waals surface area (Å²) < 4.78 is 0. The van der Waals surface area contributed by atoms with E-state index in [4.69, 9.17) is 0 Å². The predicted molar refractivity (Wildman–Crippen MR) is 72.7 cm³/mol. The first-order valence-corrected chi connectivity index (χ1v) is 5.32. The predicted octanol–water partition coefficient (Wildman–Crippen LogP) is 2.14. The fourth-order valence-electron chi connectivity index (χ4n) is 1.65. The second kappa shape index (κ2) is 6.27. The number of H-pyrrole nitrogens is 1. The highest BCUT2D eigenvalue weighted by Crippen LogP contribution is 2.21. The minimum absolute atomic E-state index is 0. The van der Waals surface area contributed by atoms with Crippen LogP contribution in [0.4, 0.5) is 5.69 Å². The van der Waals surface area contributed by atoms with Crippen LogP contribution in [0, 0.1) is 0 Å². The van der Waals surface area contributed by atoms with E-state index in [0.717, 1.165) is 16.6 Å². The maximum Gasteiger partial charge on any atom is 0.225 e. The fourth-order valence-corrected chi connectivity index (χ4v) is 1.65. The minimum atomic E-state index is 0. The average molecular weight is 254 g/mol. The zero-order chi connectivity index (χ0) is 11.4. The molecule has 0 aliphatic rings. The van der Waals surface area contributed by atoms with Crippen LogP contribution >= 0.6 is 12.4 Å². The summed E-state index contributed by atoms with van der Waals surface area (Å²) in [6.07, 6.45) is 2.35. The molecule has 1 aromatic carbocycles. The molecule has 0 bridgehead atoms. The molecule has 2 aromatic rings. The summed E-state index contributed by atoms with van der Waals surface area (Å²) in [5.74, 6) is 0.0306. The number of aromatic nitrogens is 1. The molecule has 0 saturated carbocycles. The van der Waals surface area contributed by atoms with Gasteiger partial charge >= 0.3 is 0 Å². The Balaban J connectivity index is 0.00000144. The lowest BCUT2D eigenvalue weighted by molar-refractivity contribution is -0.116. The lowest BCUT2D eigenvalue weighted by Gasteiger charge is -2.06. The summed E-state index contributed by atoms with van der Waals surface area (Å²) in [4.78, 5) is 14.7. The molecule has 3 N–H and O–H groups in total. The molecule has 0 spiro atoms. The number of rotatable bonds is 4. The van der Waals surface area contributed by atoms with Gasteiger partial charge in [-0.2, -0.15) is 0 Å². The zero-order valence-corrected chi connectivity index (χ0v) is 10.4. The van der Waals surface area contributed by atoms with Gasteiger partial charge in [-0.3, -0.25) is 4.79 Å². The molecule has 4 nitrogen and oxygen atoms in total. The molecule has 17 heavy (non-hydrogen) atoms. The van der Waals surface area contributed by atoms with Crippen molar-refractivity contribution in [2.75, 3.05) is 18.9 Å². The quantitative estimate of drug-likeness (QED) is 0.782. The van der Waals surface area contributed by atoms with Crippen molar-refractivity contribution in [2.24, 2.45) is 0 Å². The number of amides is 1. The topological polar surface area (TPSA) is 56.9 Å². The Kier molecular flexibility index (Phi) is 5.00. The van der Waals surface area contributed by atoms with Gasteiger partial charge in [-0.25, -0.2) is 0 Å². The Labute approximate surface area is 106 Å². The lowest BCUT2D eigenvalue weighted by Crippen LogP contribution is -2.18. The van der Waals surface area contributed by atoms with Gasteiger partial charge in [0.1, 0.15) is 0 Å². The van der Waals surface area contributed by atoms with Gasteiger partial charge in [0.15, 0.2) is 0 Å². The number of halogens is 1. The summed E-state index contributed by atoms with van der Waals surface area (Å²) in [7, 11) is 1.83. The van der Waals surface area contributed by atoms with Gasteiger partial charge in [-0.15, -0.1) is 12.4 Å². The van der Waals surface area contributed by atoms with E-state index in [1.54, 1.807) is 0 Å². The molecule has 0 atom stereocenters. The van der Waals surface area contributed by atoms with Crippen LogP contribution in [-0.2, 0) is 4.79 Å². The standard InChI is InChI=1S/C12H15N3O.ClH/c1-13-7-6-12(16)15-11-4-2-3-10-9(11)5-8-14-10;/h2-5,8,13-14H,6-7H2,1H3,(H,15,16);1H. The van der Waals surface area contributed by atoms with Crippen molar-refractivity contribution in [3.8, 4) is 0 Å². The van der Waals surface area contributed by atoms with Crippen molar-refractivity contribution in [3.63, 3.8) is 0 Å². The summed E-state index contributed by atoms with van der Waals surface area (Å²) >= 11 is 0. The summed E-state index contributed by atoms with van der Waals surface area (Å²) in [5.41, 5.74) is 1.89. The van der Waals surface area contributed by atoms with E-state index in [-0.39, 0.29) is 18.3 Å². The Hall–Kier alpha value is -1.52. The largest absolute Gasteiger partial charge is 0.361 e. The maximum absolute atomic E-state index is 11.6. The van der Waals surface area contributed by atoms with Crippen LogP contribution in [0.15, 0.2) is 30.5 Å². The van der Waals surface area contributed by atoms with Crippen molar-refractivity contribution in [1.29, 1.82) is 0 Å². The third-order valence-corrected chi connectivity index (χ3v) is 2.47. The Bertz CT molecular complexity index is 495. The third-order valence-electron chi connectivity index (χ3n) is 2.47. The maximum atomic E-state index is 11.6. The average Bonchev–Trinajstić information content (AvgIpc) is 2.75. The van der Waals surface area contributed by atoms with Gasteiger partial charge in [0, 0.05) is 30.1 Å². The van der Waals surface area contributed by atoms with E-state index in [2.05, 4.69) is 15.6 Å². The van der Waals surface area contributed by atoms with E-state index in [1.165, 1.54) is 0 Å². The van der Waals surface area contributed by atoms with Crippen LogP contribution in [-0.4, -0.2) is 24.5 Å². The smallest absolute Gasteiger partial charge is 0.225 e. The van der Waals surface area contributed by atoms with Gasteiger partial charge in [-0.05, 0) is 25.2 Å². The van der Waals surface area contributed by atoms with E-state index in [9.17, 15) is 4.79 Å². The van der Waals surface area contributed by atoms with E-state index in [1.807, 2.05) is 37.5 Å². The number of aromatic amines is 1. The number of carbonyl (C=O) groups excluding carboxylic acids is 1. The van der Waals surface area contributed by atoms with Crippen molar-refractivity contribution in [2.45, 2.75) is 6.42 Å². The molecule has 0 aliphatic heterocycles. The van der Waals surface area contributed by atoms with E-state index < -0.39 is 0 Å². The molecule has 2 rings (SSSR count). The van der Waals surface area contributed by atoms with Crippen LogP contribution < -0.4 is 10.6 Å². The number of hydrogen-bond donors (Lipinski definition) is 3. The normalized spacial score (nSPS) is 9.94. The number of carbonyl (C=O) groups is 1. The fraction of sp³-hybridized carbons (Fsp3) is 0.250. The molecule has 0 fully saturated rings. The van der Waals surface area contributed by atoms with Crippen molar-refractivity contribution < 1.29 is 4.79 Å². The Morgan fingerprint density at radius 2 is 2.18 bits per heavy atom. The van der Waals surface area contributed by atoms with Crippen molar-refractivity contribution in [1.82, 2.24) is 10.3 Å². The number of benzene rings is 1. The first-order chi connectivity index (χ1) is 7.81. The number of nitrogens with one attached hydrogen (secondary N) is 3. The van der Waals surface area contributed by atoms with E-state index in [0.29, 0.717) is 13.0 Å². The van der Waals surface area contributed by atoms with Crippen LogP contribution in [0.5, 0.6) is 0 Å². The van der Waals surface area contributed by atoms with Crippen LogP contribution in [0.25, 0.3) is 10.9 Å². The molecule has 0 aliphatic carbocycles. The highest BCUT2D eigenvalue weighted by molar-refractivity contribution is 6.01. The highest BCUT2D eigenvalue weighted by atomic mass is 35.5. The van der Waals surface area contributed by atoms with Crippen LogP contribution in [0.3, 0.4) is 0 Å². The molecule has 5 heteroatoms. The van der Waals surface area contributed by atoms with Crippen molar-refractivity contribution in [3.05, 3.63) is 30.5 Å². The van der Waals surface area contributed by atoms with Gasteiger partial charge < -0.3 is 15.6 Å². The van der Waals surface area contributed by atoms with Gasteiger partial charge in [0.25, 0.3) is 0 Å². The first kappa shape index (κ1) is 13.5.